The van der Waals surface area contributed by atoms with E-state index in [1.54, 1.807) is 0 Å². The van der Waals surface area contributed by atoms with E-state index in [0.717, 1.165) is 32.2 Å². The van der Waals surface area contributed by atoms with Gasteiger partial charge < -0.3 is 15.7 Å². The zero-order valence-corrected chi connectivity index (χ0v) is 10.0. The number of aldehydes is 1. The Kier molecular flexibility index (Phi) is 8.73. The van der Waals surface area contributed by atoms with Crippen LogP contribution >= 0.6 is 0 Å². The third-order valence-corrected chi connectivity index (χ3v) is 1.49. The average Bonchev–Trinajstić information content (AvgIpc) is 2.03. The Morgan fingerprint density at radius 3 is 3.00 bits per heavy atom. The molecule has 1 aliphatic heterocycles. The van der Waals surface area contributed by atoms with Crippen LogP contribution in [-0.2, 0) is 14.3 Å². The van der Waals surface area contributed by atoms with Crippen molar-refractivity contribution in [3.8, 4) is 0 Å². The summed E-state index contributed by atoms with van der Waals surface area (Å²) in [6, 6.07) is 0. The molecule has 0 amide bonds. The Balaban J connectivity index is 0. The predicted molar refractivity (Wildman–Crippen MR) is 36.7 cm³/mol. The van der Waals surface area contributed by atoms with E-state index in [2.05, 4.69) is 0 Å². The second kappa shape index (κ2) is 7.85. The molecule has 0 saturated carbocycles. The third-order valence-electron chi connectivity index (χ3n) is 1.49. The Morgan fingerprint density at radius 2 is 2.45 bits per heavy atom. The molecular formula is C7H13KO3. The fraction of sp³-hybridized carbons (Fsp3) is 0.857. The van der Waals surface area contributed by atoms with Gasteiger partial charge in [0.25, 0.3) is 0 Å². The van der Waals surface area contributed by atoms with Crippen LogP contribution < -0.4 is 51.4 Å². The minimum Gasteiger partial charge on any atom is -1.00 e. The van der Waals surface area contributed by atoms with Crippen LogP contribution in [0.1, 0.15) is 20.7 Å². The van der Waals surface area contributed by atoms with Crippen molar-refractivity contribution in [1.29, 1.82) is 0 Å². The minimum absolute atomic E-state index is 0. The van der Waals surface area contributed by atoms with Crippen LogP contribution in [0.3, 0.4) is 0 Å². The number of carbonyl (C=O) groups excluding carboxylic acids is 1. The molecule has 0 aliphatic carbocycles. The van der Waals surface area contributed by atoms with Gasteiger partial charge in [0, 0.05) is 6.61 Å². The SMILES string of the molecule is O=CCOC1CCCCO1.[H-].[K+]. The average molecular weight is 184 g/mol. The predicted octanol–water partition coefficient (Wildman–Crippen LogP) is -2.15. The molecule has 1 unspecified atom stereocenters. The van der Waals surface area contributed by atoms with Crippen LogP contribution in [0, 0.1) is 0 Å². The van der Waals surface area contributed by atoms with Gasteiger partial charge in [0.15, 0.2) is 6.29 Å². The van der Waals surface area contributed by atoms with Crippen molar-refractivity contribution in [2.45, 2.75) is 25.6 Å². The molecule has 1 rings (SSSR count). The summed E-state index contributed by atoms with van der Waals surface area (Å²) in [4.78, 5) is 9.87. The summed E-state index contributed by atoms with van der Waals surface area (Å²) in [5.41, 5.74) is 0. The first-order valence-electron chi connectivity index (χ1n) is 3.60. The molecule has 0 radical (unpaired) electrons. The summed E-state index contributed by atoms with van der Waals surface area (Å²) in [6.45, 7) is 0.925. The smallest absolute Gasteiger partial charge is 1.00 e. The van der Waals surface area contributed by atoms with Gasteiger partial charge >= 0.3 is 51.4 Å². The molecular weight excluding hydrogens is 171 g/mol. The number of ether oxygens (including phenoxy) is 2. The fourth-order valence-electron chi connectivity index (χ4n) is 0.989. The molecule has 0 N–H and O–H groups in total. The van der Waals surface area contributed by atoms with Gasteiger partial charge in [-0.3, -0.25) is 0 Å². The van der Waals surface area contributed by atoms with E-state index in [9.17, 15) is 4.79 Å². The standard InChI is InChI=1S/C7H12O3.K.H/c8-4-6-10-7-3-1-2-5-9-7;;/h4,7H,1-3,5-6H2;;/q;+1;-1. The number of carbonyl (C=O) groups is 1. The van der Waals surface area contributed by atoms with Crippen molar-refractivity contribution in [1.82, 2.24) is 0 Å². The van der Waals surface area contributed by atoms with E-state index >= 15 is 0 Å². The van der Waals surface area contributed by atoms with Gasteiger partial charge in [0.2, 0.25) is 0 Å². The zero-order chi connectivity index (χ0) is 7.23. The van der Waals surface area contributed by atoms with Crippen LogP contribution in [0.5, 0.6) is 0 Å². The van der Waals surface area contributed by atoms with Crippen molar-refractivity contribution in [3.63, 3.8) is 0 Å². The molecule has 3 nitrogen and oxygen atoms in total. The molecule has 1 heterocycles. The largest absolute Gasteiger partial charge is 1.00 e. The van der Waals surface area contributed by atoms with Crippen LogP contribution in [0.25, 0.3) is 0 Å². The van der Waals surface area contributed by atoms with Gasteiger partial charge in [-0.2, -0.15) is 0 Å². The van der Waals surface area contributed by atoms with E-state index in [-0.39, 0.29) is 65.7 Å². The molecule has 1 fully saturated rings. The molecule has 1 atom stereocenters. The molecule has 0 aromatic rings. The quantitative estimate of drug-likeness (QED) is 0.370. The van der Waals surface area contributed by atoms with Gasteiger partial charge in [0.05, 0.1) is 0 Å². The monoisotopic (exact) mass is 184 g/mol. The Bertz CT molecular complexity index is 107. The molecule has 1 saturated heterocycles. The fourth-order valence-corrected chi connectivity index (χ4v) is 0.989. The van der Waals surface area contributed by atoms with Gasteiger partial charge in [-0.1, -0.05) is 0 Å². The third kappa shape index (κ3) is 5.46. The second-order valence-electron chi connectivity index (χ2n) is 2.30. The maximum absolute atomic E-state index is 9.87. The Morgan fingerprint density at radius 1 is 1.64 bits per heavy atom. The van der Waals surface area contributed by atoms with Crippen molar-refractivity contribution >= 4 is 6.29 Å². The van der Waals surface area contributed by atoms with Crippen LogP contribution in [0.4, 0.5) is 0 Å². The number of hydrogen-bond acceptors (Lipinski definition) is 3. The van der Waals surface area contributed by atoms with Crippen molar-refractivity contribution < 1.29 is 67.1 Å². The van der Waals surface area contributed by atoms with Gasteiger partial charge in [-0.05, 0) is 19.3 Å². The van der Waals surface area contributed by atoms with E-state index in [4.69, 9.17) is 9.47 Å². The molecule has 0 bridgehead atoms. The molecule has 60 valence electrons. The summed E-state index contributed by atoms with van der Waals surface area (Å²) in [6.07, 6.45) is 3.80. The first-order chi connectivity index (χ1) is 4.93. The van der Waals surface area contributed by atoms with Gasteiger partial charge in [-0.25, -0.2) is 0 Å². The van der Waals surface area contributed by atoms with E-state index in [1.165, 1.54) is 0 Å². The van der Waals surface area contributed by atoms with Gasteiger partial charge in [-0.15, -0.1) is 0 Å². The first kappa shape index (κ1) is 12.2. The van der Waals surface area contributed by atoms with Crippen LogP contribution in [-0.4, -0.2) is 25.8 Å². The Labute approximate surface area is 111 Å². The molecule has 0 aromatic carbocycles. The van der Waals surface area contributed by atoms with Crippen molar-refractivity contribution in [2.75, 3.05) is 13.2 Å². The maximum Gasteiger partial charge on any atom is 1.00 e. The summed E-state index contributed by atoms with van der Waals surface area (Å²) in [7, 11) is 0. The number of rotatable bonds is 3. The van der Waals surface area contributed by atoms with E-state index in [0.29, 0.717) is 0 Å². The summed E-state index contributed by atoms with van der Waals surface area (Å²) in [5, 5.41) is 0. The van der Waals surface area contributed by atoms with Crippen molar-refractivity contribution in [3.05, 3.63) is 0 Å². The second-order valence-corrected chi connectivity index (χ2v) is 2.30. The normalized spacial score (nSPS) is 23.8. The topological polar surface area (TPSA) is 35.5 Å². The van der Waals surface area contributed by atoms with Crippen LogP contribution in [0.2, 0.25) is 0 Å². The molecule has 1 aliphatic rings. The maximum atomic E-state index is 9.87. The van der Waals surface area contributed by atoms with Crippen LogP contribution in [0.15, 0.2) is 0 Å². The number of hydrogen-bond donors (Lipinski definition) is 0. The molecule has 11 heavy (non-hydrogen) atoms. The minimum atomic E-state index is -0.126. The Hall–Kier alpha value is 1.23. The van der Waals surface area contributed by atoms with Gasteiger partial charge in [0.1, 0.15) is 12.9 Å². The summed E-state index contributed by atoms with van der Waals surface area (Å²) in [5.74, 6) is 0. The van der Waals surface area contributed by atoms with E-state index < -0.39 is 0 Å². The molecule has 0 aromatic heterocycles. The summed E-state index contributed by atoms with van der Waals surface area (Å²) >= 11 is 0. The van der Waals surface area contributed by atoms with E-state index in [1.807, 2.05) is 0 Å². The van der Waals surface area contributed by atoms with Crippen molar-refractivity contribution in [2.24, 2.45) is 0 Å². The summed E-state index contributed by atoms with van der Waals surface area (Å²) < 4.78 is 10.2. The first-order valence-corrected chi connectivity index (χ1v) is 3.60. The molecule has 0 spiro atoms. The zero-order valence-electron chi connectivity index (χ0n) is 7.91. The molecule has 4 heteroatoms.